The van der Waals surface area contributed by atoms with Crippen molar-refractivity contribution in [2.75, 3.05) is 20.2 Å². The molecule has 2 aromatic carbocycles. The summed E-state index contributed by atoms with van der Waals surface area (Å²) in [6, 6.07) is 9.89. The number of carbonyl (C=O) groups excluding carboxylic acids is 1. The van der Waals surface area contributed by atoms with Crippen LogP contribution in [0.3, 0.4) is 0 Å². The molecule has 0 atom stereocenters. The minimum absolute atomic E-state index is 0.284. The number of amides is 1. The highest BCUT2D eigenvalue weighted by Gasteiger charge is 2.22. The number of nitrogens with one attached hydrogen (secondary N) is 1. The lowest BCUT2D eigenvalue weighted by Gasteiger charge is -2.29. The lowest BCUT2D eigenvalue weighted by molar-refractivity contribution is 0.125. The molecule has 0 unspecified atom stereocenters. The van der Waals surface area contributed by atoms with Gasteiger partial charge in [0.1, 0.15) is 12.1 Å². The molecule has 0 aliphatic carbocycles. The van der Waals surface area contributed by atoms with Crippen LogP contribution < -0.4 is 9.47 Å². The number of aromatic nitrogens is 4. The van der Waals surface area contributed by atoms with E-state index in [2.05, 4.69) is 35.0 Å². The highest BCUT2D eigenvalue weighted by atomic mass is 16.6. The molecule has 4 heterocycles. The van der Waals surface area contributed by atoms with Gasteiger partial charge in [0.2, 0.25) is 0 Å². The molecule has 1 fully saturated rings. The number of benzene rings is 2. The van der Waals surface area contributed by atoms with E-state index in [0.717, 1.165) is 63.6 Å². The van der Waals surface area contributed by atoms with Crippen molar-refractivity contribution in [3.8, 4) is 22.6 Å². The van der Waals surface area contributed by atoms with Crippen molar-refractivity contribution in [1.29, 1.82) is 0 Å². The first-order valence-corrected chi connectivity index (χ1v) is 10.9. The molecule has 8 nitrogen and oxygen atoms in total. The number of hydrogen-bond acceptors (Lipinski definition) is 5. The number of rotatable bonds is 3. The number of fused-ring (bicyclic) bond motifs is 4. The number of methoxy groups -OCH3 is 1. The fraction of sp³-hybridized carbons (Fsp3) is 0.240. The predicted octanol–water partition coefficient (Wildman–Crippen LogP) is 4.86. The molecule has 166 valence electrons. The average molecular weight is 441 g/mol. The van der Waals surface area contributed by atoms with Crippen molar-refractivity contribution >= 4 is 33.5 Å². The number of pyridine rings is 1. The largest absolute Gasteiger partial charge is 0.493 e. The summed E-state index contributed by atoms with van der Waals surface area (Å²) in [4.78, 5) is 21.8. The van der Waals surface area contributed by atoms with Crippen LogP contribution in [-0.4, -0.2) is 50.8 Å². The van der Waals surface area contributed by atoms with Crippen LogP contribution in [0.25, 0.3) is 38.6 Å². The van der Waals surface area contributed by atoms with Crippen LogP contribution in [0.5, 0.6) is 11.5 Å². The monoisotopic (exact) mass is 441 g/mol. The maximum atomic E-state index is 12.3. The average Bonchev–Trinajstić information content (AvgIpc) is 3.38. The fourth-order valence-corrected chi connectivity index (χ4v) is 4.57. The van der Waals surface area contributed by atoms with Gasteiger partial charge in [-0.15, -0.1) is 0 Å². The Balaban J connectivity index is 1.48. The van der Waals surface area contributed by atoms with Crippen LogP contribution in [-0.2, 0) is 0 Å². The summed E-state index contributed by atoms with van der Waals surface area (Å²) in [6.45, 7) is 5.77. The number of nitrogens with zero attached hydrogens (tertiary/aromatic N) is 4. The van der Waals surface area contributed by atoms with Crippen LogP contribution in [0.1, 0.15) is 17.5 Å². The molecule has 1 amide bonds. The van der Waals surface area contributed by atoms with E-state index in [4.69, 9.17) is 9.47 Å². The number of hydrogen-bond donors (Lipinski definition) is 1. The molecule has 0 saturated carbocycles. The SMILES string of the molecule is COc1cc(-c2cc3[nH]c4ccc(OC(=O)N5CCC5)cc4c3c(C)c2C)cn2ncnc12. The van der Waals surface area contributed by atoms with Crippen LogP contribution in [0, 0.1) is 13.8 Å². The molecule has 6 rings (SSSR count). The maximum Gasteiger partial charge on any atom is 0.415 e. The Morgan fingerprint density at radius 3 is 2.70 bits per heavy atom. The summed E-state index contributed by atoms with van der Waals surface area (Å²) in [6.07, 6.45) is 4.24. The van der Waals surface area contributed by atoms with E-state index in [-0.39, 0.29) is 6.09 Å². The van der Waals surface area contributed by atoms with E-state index >= 15 is 0 Å². The molecule has 1 aliphatic heterocycles. The van der Waals surface area contributed by atoms with Gasteiger partial charge in [0.25, 0.3) is 0 Å². The molecule has 0 spiro atoms. The molecular weight excluding hydrogens is 418 g/mol. The molecule has 1 aliphatic rings. The zero-order valence-electron chi connectivity index (χ0n) is 18.7. The molecule has 3 aromatic heterocycles. The van der Waals surface area contributed by atoms with Crippen LogP contribution in [0.4, 0.5) is 4.79 Å². The second-order valence-corrected chi connectivity index (χ2v) is 8.46. The van der Waals surface area contributed by atoms with Crippen molar-refractivity contribution in [2.45, 2.75) is 20.3 Å². The zero-order valence-corrected chi connectivity index (χ0v) is 18.7. The smallest absolute Gasteiger partial charge is 0.415 e. The third-order valence-electron chi connectivity index (χ3n) is 6.62. The Morgan fingerprint density at radius 1 is 1.09 bits per heavy atom. The van der Waals surface area contributed by atoms with Crippen LogP contribution >= 0.6 is 0 Å². The van der Waals surface area contributed by atoms with Gasteiger partial charge < -0.3 is 19.4 Å². The van der Waals surface area contributed by atoms with Crippen molar-refractivity contribution in [3.63, 3.8) is 0 Å². The fourth-order valence-electron chi connectivity index (χ4n) is 4.57. The summed E-state index contributed by atoms with van der Waals surface area (Å²) >= 11 is 0. The molecule has 0 radical (unpaired) electrons. The minimum atomic E-state index is -0.284. The van der Waals surface area contributed by atoms with E-state index in [1.165, 1.54) is 6.33 Å². The highest BCUT2D eigenvalue weighted by Crippen LogP contribution is 2.38. The Hall–Kier alpha value is -4.07. The van der Waals surface area contributed by atoms with E-state index < -0.39 is 0 Å². The number of H-pyrrole nitrogens is 1. The summed E-state index contributed by atoms with van der Waals surface area (Å²) in [5.74, 6) is 1.23. The number of aryl methyl sites for hydroxylation is 1. The van der Waals surface area contributed by atoms with Gasteiger partial charge in [-0.25, -0.2) is 14.3 Å². The summed E-state index contributed by atoms with van der Waals surface area (Å²) < 4.78 is 12.9. The van der Waals surface area contributed by atoms with Crippen molar-refractivity contribution in [2.24, 2.45) is 0 Å². The first kappa shape index (κ1) is 19.6. The van der Waals surface area contributed by atoms with Crippen LogP contribution in [0.2, 0.25) is 0 Å². The predicted molar refractivity (Wildman–Crippen MR) is 126 cm³/mol. The summed E-state index contributed by atoms with van der Waals surface area (Å²) in [5, 5.41) is 6.46. The summed E-state index contributed by atoms with van der Waals surface area (Å²) in [5.41, 5.74) is 7.11. The lowest BCUT2D eigenvalue weighted by atomic mass is 9.94. The van der Waals surface area contributed by atoms with Gasteiger partial charge in [0.05, 0.1) is 7.11 Å². The van der Waals surface area contributed by atoms with Gasteiger partial charge in [-0.3, -0.25) is 0 Å². The maximum absolute atomic E-state index is 12.3. The van der Waals surface area contributed by atoms with Gasteiger partial charge in [0, 0.05) is 46.7 Å². The van der Waals surface area contributed by atoms with E-state index in [9.17, 15) is 4.79 Å². The Morgan fingerprint density at radius 2 is 1.94 bits per heavy atom. The van der Waals surface area contributed by atoms with Crippen molar-refractivity contribution in [1.82, 2.24) is 24.5 Å². The number of ether oxygens (including phenoxy) is 2. The molecule has 5 aromatic rings. The second-order valence-electron chi connectivity index (χ2n) is 8.46. The number of likely N-dealkylation sites (tertiary alicyclic amines) is 1. The molecular formula is C25H23N5O3. The third-order valence-corrected chi connectivity index (χ3v) is 6.62. The molecule has 1 saturated heterocycles. The molecule has 33 heavy (non-hydrogen) atoms. The van der Waals surface area contributed by atoms with Gasteiger partial charge in [-0.1, -0.05) is 0 Å². The first-order valence-electron chi connectivity index (χ1n) is 10.9. The third kappa shape index (κ3) is 3.01. The van der Waals surface area contributed by atoms with Gasteiger partial charge in [-0.05, 0) is 67.3 Å². The highest BCUT2D eigenvalue weighted by molar-refractivity contribution is 6.11. The number of aromatic amines is 1. The quantitative estimate of drug-likeness (QED) is 0.432. The van der Waals surface area contributed by atoms with E-state index in [1.807, 2.05) is 30.5 Å². The summed E-state index contributed by atoms with van der Waals surface area (Å²) in [7, 11) is 1.64. The van der Waals surface area contributed by atoms with Crippen molar-refractivity contribution in [3.05, 3.63) is 54.0 Å². The van der Waals surface area contributed by atoms with Gasteiger partial charge in [-0.2, -0.15) is 5.10 Å². The molecule has 1 N–H and O–H groups in total. The van der Waals surface area contributed by atoms with E-state index in [0.29, 0.717) is 17.1 Å². The first-order chi connectivity index (χ1) is 16.0. The Kier molecular flexibility index (Phi) is 4.29. The van der Waals surface area contributed by atoms with Gasteiger partial charge in [0.15, 0.2) is 11.4 Å². The second kappa shape index (κ2) is 7.23. The normalized spacial score (nSPS) is 13.6. The van der Waals surface area contributed by atoms with Gasteiger partial charge >= 0.3 is 6.09 Å². The lowest BCUT2D eigenvalue weighted by Crippen LogP contribution is -2.43. The zero-order chi connectivity index (χ0) is 22.7. The van der Waals surface area contributed by atoms with E-state index in [1.54, 1.807) is 16.5 Å². The Labute approximate surface area is 189 Å². The van der Waals surface area contributed by atoms with Crippen molar-refractivity contribution < 1.29 is 14.3 Å². The minimum Gasteiger partial charge on any atom is -0.493 e. The molecule has 0 bridgehead atoms. The molecule has 8 heteroatoms. The van der Waals surface area contributed by atoms with Crippen LogP contribution in [0.15, 0.2) is 42.9 Å². The number of carbonyl (C=O) groups is 1. The Bertz CT molecular complexity index is 1560. The standard InChI is InChI=1S/C25H23N5O3/c1-14-15(2)23-19-10-17(33-25(31)29-7-4-8-29)5-6-20(19)28-21(23)11-18(14)16-9-22(32-3)24-26-13-27-30(24)12-16/h5-6,9-13,28H,4,7-8H2,1-3H3. The topological polar surface area (TPSA) is 84.8 Å².